The van der Waals surface area contributed by atoms with Crippen LogP contribution in [0, 0.1) is 20.8 Å². The van der Waals surface area contributed by atoms with Gasteiger partial charge >= 0.3 is 0 Å². The highest BCUT2D eigenvalue weighted by Gasteiger charge is 2.22. The molecule has 0 amide bonds. The fourth-order valence-corrected chi connectivity index (χ4v) is 10.6. The maximum Gasteiger partial charge on any atom is 0.266 e. The highest BCUT2D eigenvalue weighted by Crippen LogP contribution is 2.50. The number of aryl methyl sites for hydroxylation is 3. The summed E-state index contributed by atoms with van der Waals surface area (Å²) >= 11 is 20.1. The summed E-state index contributed by atoms with van der Waals surface area (Å²) in [6.07, 6.45) is 0. The number of aromatic nitrogens is 1. The van der Waals surface area contributed by atoms with Crippen LogP contribution < -0.4 is 11.1 Å². The van der Waals surface area contributed by atoms with Crippen molar-refractivity contribution >= 4 is 109 Å². The van der Waals surface area contributed by atoms with Crippen LogP contribution in [0.15, 0.2) is 58.1 Å². The quantitative estimate of drug-likeness (QED) is 0.195. The van der Waals surface area contributed by atoms with Gasteiger partial charge in [-0.25, -0.2) is 4.57 Å². The topological polar surface area (TPSA) is 39.1 Å². The molecule has 9 heteroatoms. The van der Waals surface area contributed by atoms with Crippen molar-refractivity contribution < 1.29 is 0 Å². The molecular weight excluding hydrogens is 593 g/mol. The van der Waals surface area contributed by atoms with E-state index in [9.17, 15) is 9.59 Å². The van der Waals surface area contributed by atoms with E-state index in [-0.39, 0.29) is 11.1 Å². The molecule has 38 heavy (non-hydrogen) atoms. The molecule has 0 aliphatic carbocycles. The Hall–Kier alpha value is -2.52. The number of benzene rings is 2. The minimum absolute atomic E-state index is 0.298. The second kappa shape index (κ2) is 8.74. The van der Waals surface area contributed by atoms with Crippen LogP contribution in [-0.4, -0.2) is 4.57 Å². The van der Waals surface area contributed by atoms with Crippen molar-refractivity contribution in [1.29, 1.82) is 0 Å². The van der Waals surface area contributed by atoms with Gasteiger partial charge in [0.25, 0.3) is 11.1 Å². The van der Waals surface area contributed by atoms with E-state index in [4.69, 9.17) is 23.2 Å². The number of para-hydroxylation sites is 1. The van der Waals surface area contributed by atoms with Crippen LogP contribution in [0.5, 0.6) is 0 Å². The van der Waals surface area contributed by atoms with Crippen molar-refractivity contribution in [2.45, 2.75) is 20.8 Å². The zero-order chi connectivity index (χ0) is 26.5. The molecule has 0 N–H and O–H groups in total. The molecule has 0 radical (unpaired) electrons. The van der Waals surface area contributed by atoms with E-state index in [1.165, 1.54) is 15.9 Å². The van der Waals surface area contributed by atoms with Gasteiger partial charge in [0.2, 0.25) is 0 Å². The number of fused-ring (bicyclic) bond motifs is 5. The van der Waals surface area contributed by atoms with Gasteiger partial charge in [0.15, 0.2) is 0 Å². The first-order chi connectivity index (χ1) is 18.2. The monoisotopic (exact) mass is 609 g/mol. The lowest BCUT2D eigenvalue weighted by atomic mass is 10.1. The van der Waals surface area contributed by atoms with Crippen LogP contribution in [0.25, 0.3) is 55.8 Å². The molecule has 7 aromatic rings. The summed E-state index contributed by atoms with van der Waals surface area (Å²) in [5.41, 5.74) is 1.06. The Morgan fingerprint density at radius 2 is 1.39 bits per heavy atom. The van der Waals surface area contributed by atoms with Gasteiger partial charge in [-0.3, -0.25) is 9.59 Å². The summed E-state index contributed by atoms with van der Waals surface area (Å²) in [5.74, 6) is 0. The van der Waals surface area contributed by atoms with Gasteiger partial charge in [-0.2, -0.15) is 0 Å². The molecule has 0 atom stereocenters. The first kappa shape index (κ1) is 24.5. The predicted molar refractivity (Wildman–Crippen MR) is 170 cm³/mol. The Labute approximate surface area is 242 Å². The van der Waals surface area contributed by atoms with Crippen LogP contribution in [0.3, 0.4) is 0 Å². The van der Waals surface area contributed by atoms with Crippen LogP contribution in [0.2, 0.25) is 10.0 Å². The average molecular weight is 611 g/mol. The summed E-state index contributed by atoms with van der Waals surface area (Å²) in [4.78, 5) is 31.5. The van der Waals surface area contributed by atoms with E-state index in [2.05, 4.69) is 13.0 Å². The molecule has 2 aromatic carbocycles. The minimum atomic E-state index is -0.323. The number of halogens is 2. The smallest absolute Gasteiger partial charge is 0.266 e. The first-order valence-corrected chi connectivity index (χ1v) is 15.8. The molecule has 0 saturated heterocycles. The van der Waals surface area contributed by atoms with Gasteiger partial charge in [-0.1, -0.05) is 41.4 Å². The van der Waals surface area contributed by atoms with Gasteiger partial charge in [0.1, 0.15) is 0 Å². The third-order valence-electron chi connectivity index (χ3n) is 6.81. The Bertz CT molecular complexity index is 2230. The second-order valence-electron chi connectivity index (χ2n) is 9.20. The summed E-state index contributed by atoms with van der Waals surface area (Å²) in [7, 11) is 0. The van der Waals surface area contributed by atoms with E-state index in [0.717, 1.165) is 59.7 Å². The zero-order valence-electron chi connectivity index (χ0n) is 20.3. The van der Waals surface area contributed by atoms with Gasteiger partial charge < -0.3 is 0 Å². The fraction of sp³-hybridized carbons (Fsp3) is 0.103. The first-order valence-electron chi connectivity index (χ1n) is 11.7. The lowest BCUT2D eigenvalue weighted by molar-refractivity contribution is 0.976. The molecule has 5 heterocycles. The van der Waals surface area contributed by atoms with Crippen LogP contribution in [-0.2, 0) is 0 Å². The Balaban J connectivity index is 1.58. The standard InChI is InChI=1S/C29H17Cl2NO2S4/c1-12-9-17-25(35-12)26-18(29(34)32(28(17)33)15-7-5-4-6-8-15)11-20(38-26)27-23(31)21-13(2)24-16(10-19(21)37-27)22(30)14(3)36-24/h4-11H,1-3H3. The normalized spacial score (nSPS) is 12.0. The maximum atomic E-state index is 13.9. The zero-order valence-corrected chi connectivity index (χ0v) is 25.0. The SMILES string of the molecule is Cc1cc2c(=O)n(-c3ccccc3)c(=O)c3cc(-c4sc5cc6c(Cl)c(C)sc6c(C)c5c4Cl)sc3c2s1. The van der Waals surface area contributed by atoms with E-state index in [0.29, 0.717) is 21.5 Å². The average Bonchev–Trinajstić information content (AvgIpc) is 3.64. The van der Waals surface area contributed by atoms with Gasteiger partial charge in [-0.15, -0.1) is 45.3 Å². The van der Waals surface area contributed by atoms with Crippen molar-refractivity contribution in [3.05, 3.63) is 94.6 Å². The summed E-state index contributed by atoms with van der Waals surface area (Å²) in [6.45, 7) is 6.11. The van der Waals surface area contributed by atoms with E-state index in [1.54, 1.807) is 46.1 Å². The second-order valence-corrected chi connectivity index (χ2v) is 14.5. The molecular formula is C29H17Cl2NO2S4. The lowest BCUT2D eigenvalue weighted by Gasteiger charge is -2.01. The van der Waals surface area contributed by atoms with Gasteiger partial charge in [0.05, 0.1) is 40.8 Å². The van der Waals surface area contributed by atoms with E-state index >= 15 is 0 Å². The Morgan fingerprint density at radius 3 is 2.13 bits per heavy atom. The number of hydrogen-bond acceptors (Lipinski definition) is 6. The van der Waals surface area contributed by atoms with Gasteiger partial charge in [-0.05, 0) is 56.7 Å². The molecule has 7 rings (SSSR count). The van der Waals surface area contributed by atoms with Crippen molar-refractivity contribution in [3.63, 3.8) is 0 Å². The molecule has 0 aliphatic rings. The molecule has 0 saturated carbocycles. The van der Waals surface area contributed by atoms with Crippen LogP contribution >= 0.6 is 68.5 Å². The minimum Gasteiger partial charge on any atom is -0.268 e. The molecule has 0 spiro atoms. The molecule has 0 fully saturated rings. The molecule has 0 bridgehead atoms. The van der Waals surface area contributed by atoms with E-state index in [1.807, 2.05) is 44.2 Å². The largest absolute Gasteiger partial charge is 0.268 e. The Kier molecular flexibility index (Phi) is 5.64. The number of thiophene rings is 4. The third kappa shape index (κ3) is 3.43. The predicted octanol–water partition coefficient (Wildman–Crippen LogP) is 9.96. The highest BCUT2D eigenvalue weighted by molar-refractivity contribution is 7.32. The Morgan fingerprint density at radius 1 is 0.711 bits per heavy atom. The van der Waals surface area contributed by atoms with Gasteiger partial charge in [0, 0.05) is 34.8 Å². The van der Waals surface area contributed by atoms with Crippen molar-refractivity contribution in [3.8, 4) is 15.4 Å². The lowest BCUT2D eigenvalue weighted by Crippen LogP contribution is -2.28. The van der Waals surface area contributed by atoms with E-state index < -0.39 is 0 Å². The molecule has 0 aliphatic heterocycles. The fourth-order valence-electron chi connectivity index (χ4n) is 5.05. The molecule has 3 nitrogen and oxygen atoms in total. The highest BCUT2D eigenvalue weighted by atomic mass is 35.5. The summed E-state index contributed by atoms with van der Waals surface area (Å²) in [5, 5.41) is 4.64. The summed E-state index contributed by atoms with van der Waals surface area (Å²) < 4.78 is 5.16. The van der Waals surface area contributed by atoms with Crippen LogP contribution in [0.1, 0.15) is 15.3 Å². The number of hydrogen-bond donors (Lipinski definition) is 0. The van der Waals surface area contributed by atoms with Crippen LogP contribution in [0.4, 0.5) is 0 Å². The summed E-state index contributed by atoms with van der Waals surface area (Å²) in [6, 6.07) is 15.0. The van der Waals surface area contributed by atoms with Crippen molar-refractivity contribution in [2.24, 2.45) is 0 Å². The third-order valence-corrected chi connectivity index (χ3v) is 12.8. The number of rotatable bonds is 2. The molecule has 5 aromatic heterocycles. The maximum absolute atomic E-state index is 13.9. The van der Waals surface area contributed by atoms with Crippen molar-refractivity contribution in [1.82, 2.24) is 4.57 Å². The molecule has 0 unspecified atom stereocenters. The number of nitrogens with zero attached hydrogens (tertiary/aromatic N) is 1. The van der Waals surface area contributed by atoms with Crippen molar-refractivity contribution in [2.75, 3.05) is 0 Å². The molecule has 188 valence electrons.